The Morgan fingerprint density at radius 3 is 2.55 bits per heavy atom. The van der Waals surface area contributed by atoms with E-state index in [-0.39, 0.29) is 5.97 Å². The van der Waals surface area contributed by atoms with E-state index < -0.39 is 5.63 Å². The molecule has 1 aromatic heterocycles. The van der Waals surface area contributed by atoms with Gasteiger partial charge in [0.05, 0.1) is 17.7 Å². The van der Waals surface area contributed by atoms with Crippen LogP contribution in [0.2, 0.25) is 0 Å². The van der Waals surface area contributed by atoms with Gasteiger partial charge in [0.15, 0.2) is 0 Å². The summed E-state index contributed by atoms with van der Waals surface area (Å²) in [5.74, 6) is -0.375. The van der Waals surface area contributed by atoms with Crippen LogP contribution < -0.4 is 5.63 Å². The fourth-order valence-corrected chi connectivity index (χ4v) is 2.26. The summed E-state index contributed by atoms with van der Waals surface area (Å²) < 4.78 is 10.3. The molecule has 1 heterocycles. The van der Waals surface area contributed by atoms with Gasteiger partial charge in [0.25, 0.3) is 0 Å². The van der Waals surface area contributed by atoms with Crippen molar-refractivity contribution in [3.63, 3.8) is 0 Å². The molecule has 0 N–H and O–H groups in total. The molecule has 0 fully saturated rings. The Morgan fingerprint density at radius 2 is 1.82 bits per heavy atom. The Bertz CT molecular complexity index is 875. The number of benzene rings is 2. The normalized spacial score (nSPS) is 10.6. The maximum atomic E-state index is 12.1. The van der Waals surface area contributed by atoms with Gasteiger partial charge in [-0.15, -0.1) is 0 Å². The lowest BCUT2D eigenvalue weighted by Crippen LogP contribution is -2.05. The molecule has 0 unspecified atom stereocenters. The number of para-hydroxylation sites is 1. The first-order chi connectivity index (χ1) is 10.7. The molecule has 0 saturated heterocycles. The number of esters is 1. The van der Waals surface area contributed by atoms with Crippen LogP contribution in [0, 0.1) is 0 Å². The zero-order valence-corrected chi connectivity index (χ0v) is 12.0. The molecule has 0 atom stereocenters. The van der Waals surface area contributed by atoms with Gasteiger partial charge in [-0.25, -0.2) is 9.59 Å². The van der Waals surface area contributed by atoms with E-state index >= 15 is 0 Å². The summed E-state index contributed by atoms with van der Waals surface area (Å²) in [6, 6.07) is 15.8. The molecule has 22 heavy (non-hydrogen) atoms. The van der Waals surface area contributed by atoms with Gasteiger partial charge in [-0.2, -0.15) is 0 Å². The first kappa shape index (κ1) is 14.1. The number of fused-ring (bicyclic) bond motifs is 1. The molecule has 3 rings (SSSR count). The summed E-state index contributed by atoms with van der Waals surface area (Å²) >= 11 is 0. The largest absolute Gasteiger partial charge is 0.462 e. The molecule has 0 radical (unpaired) electrons. The van der Waals surface area contributed by atoms with E-state index in [0.29, 0.717) is 28.9 Å². The molecule has 0 amide bonds. The van der Waals surface area contributed by atoms with E-state index in [1.54, 1.807) is 43.3 Å². The third-order valence-electron chi connectivity index (χ3n) is 3.35. The first-order valence-corrected chi connectivity index (χ1v) is 6.99. The summed E-state index contributed by atoms with van der Waals surface area (Å²) in [4.78, 5) is 23.7. The topological polar surface area (TPSA) is 56.5 Å². The second kappa shape index (κ2) is 5.85. The highest BCUT2D eigenvalue weighted by Gasteiger charge is 2.10. The van der Waals surface area contributed by atoms with Crippen LogP contribution in [0.5, 0.6) is 0 Å². The third kappa shape index (κ3) is 2.63. The standard InChI is InChI=1S/C18H14O4/c1-2-21-17(19)13-9-7-12(8-10-13)15-11-14-5-3-4-6-16(14)22-18(15)20/h3-11H,2H2,1H3. The van der Waals surface area contributed by atoms with Crippen LogP contribution in [0.15, 0.2) is 63.8 Å². The van der Waals surface area contributed by atoms with E-state index in [4.69, 9.17) is 9.15 Å². The fraction of sp³-hybridized carbons (Fsp3) is 0.111. The molecule has 0 spiro atoms. The van der Waals surface area contributed by atoms with Crippen molar-refractivity contribution >= 4 is 16.9 Å². The van der Waals surface area contributed by atoms with Crippen molar-refractivity contribution in [2.24, 2.45) is 0 Å². The van der Waals surface area contributed by atoms with Crippen molar-refractivity contribution in [1.29, 1.82) is 0 Å². The Hall–Kier alpha value is -2.88. The highest BCUT2D eigenvalue weighted by molar-refractivity contribution is 5.90. The van der Waals surface area contributed by atoms with Crippen molar-refractivity contribution in [1.82, 2.24) is 0 Å². The average Bonchev–Trinajstić information content (AvgIpc) is 2.54. The van der Waals surface area contributed by atoms with Gasteiger partial charge < -0.3 is 9.15 Å². The zero-order chi connectivity index (χ0) is 15.5. The van der Waals surface area contributed by atoms with Crippen LogP contribution in [-0.4, -0.2) is 12.6 Å². The molecule has 0 aliphatic carbocycles. The molecule has 4 nitrogen and oxygen atoms in total. The second-order valence-corrected chi connectivity index (χ2v) is 4.78. The molecule has 0 aliphatic heterocycles. The number of hydrogen-bond donors (Lipinski definition) is 0. The average molecular weight is 294 g/mol. The summed E-state index contributed by atoms with van der Waals surface area (Å²) in [5, 5.41) is 0.853. The molecule has 0 aliphatic rings. The van der Waals surface area contributed by atoms with Crippen LogP contribution in [0.4, 0.5) is 0 Å². The maximum Gasteiger partial charge on any atom is 0.344 e. The SMILES string of the molecule is CCOC(=O)c1ccc(-c2cc3ccccc3oc2=O)cc1. The van der Waals surface area contributed by atoms with Crippen molar-refractivity contribution in [2.45, 2.75) is 6.92 Å². The minimum absolute atomic E-state index is 0.328. The highest BCUT2D eigenvalue weighted by atomic mass is 16.5. The van der Waals surface area contributed by atoms with Crippen LogP contribution in [0.25, 0.3) is 22.1 Å². The summed E-state index contributed by atoms with van der Waals surface area (Å²) in [5.41, 5.74) is 1.78. The van der Waals surface area contributed by atoms with Crippen LogP contribution in [0.3, 0.4) is 0 Å². The lowest BCUT2D eigenvalue weighted by atomic mass is 10.0. The number of rotatable bonds is 3. The molecule has 0 saturated carbocycles. The smallest absolute Gasteiger partial charge is 0.344 e. The second-order valence-electron chi connectivity index (χ2n) is 4.78. The molecular formula is C18H14O4. The summed E-state index contributed by atoms with van der Waals surface area (Å²) in [7, 11) is 0. The lowest BCUT2D eigenvalue weighted by molar-refractivity contribution is 0.0526. The van der Waals surface area contributed by atoms with E-state index in [1.807, 2.05) is 18.2 Å². The summed E-state index contributed by atoms with van der Waals surface area (Å²) in [6.07, 6.45) is 0. The zero-order valence-electron chi connectivity index (χ0n) is 12.0. The van der Waals surface area contributed by atoms with Gasteiger partial charge in [-0.05, 0) is 36.8 Å². The Balaban J connectivity index is 2.02. The molecule has 3 aromatic rings. The summed E-state index contributed by atoms with van der Waals surface area (Å²) in [6.45, 7) is 2.08. The Kier molecular flexibility index (Phi) is 3.74. The van der Waals surface area contributed by atoms with Gasteiger partial charge in [0.2, 0.25) is 0 Å². The van der Waals surface area contributed by atoms with Crippen molar-refractivity contribution in [3.05, 3.63) is 70.6 Å². The number of carbonyl (C=O) groups is 1. The first-order valence-electron chi connectivity index (χ1n) is 6.99. The van der Waals surface area contributed by atoms with Crippen molar-refractivity contribution < 1.29 is 13.9 Å². The minimum Gasteiger partial charge on any atom is -0.462 e. The highest BCUT2D eigenvalue weighted by Crippen LogP contribution is 2.21. The fourth-order valence-electron chi connectivity index (χ4n) is 2.26. The van der Waals surface area contributed by atoms with Crippen LogP contribution >= 0.6 is 0 Å². The van der Waals surface area contributed by atoms with E-state index in [2.05, 4.69) is 0 Å². The number of carbonyl (C=O) groups excluding carboxylic acids is 1. The predicted molar refractivity (Wildman–Crippen MR) is 83.9 cm³/mol. The van der Waals surface area contributed by atoms with E-state index in [1.165, 1.54) is 0 Å². The van der Waals surface area contributed by atoms with Gasteiger partial charge in [-0.3, -0.25) is 0 Å². The van der Waals surface area contributed by atoms with E-state index in [0.717, 1.165) is 5.39 Å². The maximum absolute atomic E-state index is 12.1. The predicted octanol–water partition coefficient (Wildman–Crippen LogP) is 3.64. The molecule has 0 bridgehead atoms. The van der Waals surface area contributed by atoms with Gasteiger partial charge in [0.1, 0.15) is 5.58 Å². The lowest BCUT2D eigenvalue weighted by Gasteiger charge is -2.04. The Morgan fingerprint density at radius 1 is 1.09 bits per heavy atom. The molecule has 4 heteroatoms. The number of ether oxygens (including phenoxy) is 1. The number of hydrogen-bond acceptors (Lipinski definition) is 4. The van der Waals surface area contributed by atoms with Crippen molar-refractivity contribution in [3.8, 4) is 11.1 Å². The monoisotopic (exact) mass is 294 g/mol. The van der Waals surface area contributed by atoms with Gasteiger partial charge in [-0.1, -0.05) is 30.3 Å². The van der Waals surface area contributed by atoms with Crippen LogP contribution in [0.1, 0.15) is 17.3 Å². The van der Waals surface area contributed by atoms with Crippen LogP contribution in [-0.2, 0) is 4.74 Å². The van der Waals surface area contributed by atoms with Gasteiger partial charge in [0, 0.05) is 5.39 Å². The quantitative estimate of drug-likeness (QED) is 0.546. The third-order valence-corrected chi connectivity index (χ3v) is 3.35. The van der Waals surface area contributed by atoms with Crippen molar-refractivity contribution in [2.75, 3.05) is 6.61 Å². The molecular weight excluding hydrogens is 280 g/mol. The minimum atomic E-state index is -0.400. The Labute approximate surface area is 127 Å². The molecule has 110 valence electrons. The van der Waals surface area contributed by atoms with E-state index in [9.17, 15) is 9.59 Å². The molecule has 2 aromatic carbocycles. The van der Waals surface area contributed by atoms with Gasteiger partial charge >= 0.3 is 11.6 Å².